The topological polar surface area (TPSA) is 45.1 Å². The van der Waals surface area contributed by atoms with Crippen molar-refractivity contribution in [3.63, 3.8) is 0 Å². The fourth-order valence-electron chi connectivity index (χ4n) is 3.68. The van der Waals surface area contributed by atoms with Gasteiger partial charge in [0.05, 0.1) is 6.10 Å². The Morgan fingerprint density at radius 3 is 2.21 bits per heavy atom. The lowest BCUT2D eigenvalue weighted by atomic mass is 9.84. The Bertz CT molecular complexity index is 624. The Morgan fingerprint density at radius 1 is 1.14 bits per heavy atom. The molecule has 156 valence electrons. The van der Waals surface area contributed by atoms with Gasteiger partial charge >= 0.3 is 0 Å². The lowest BCUT2D eigenvalue weighted by Crippen LogP contribution is -2.50. The molecule has 1 saturated carbocycles. The first-order valence-electron chi connectivity index (χ1n) is 9.85. The fraction of sp³-hybridized carbons (Fsp3) is 0.619. The summed E-state index contributed by atoms with van der Waals surface area (Å²) in [5, 5.41) is 0. The summed E-state index contributed by atoms with van der Waals surface area (Å²) in [5.41, 5.74) is 0. The number of nitrogens with zero attached hydrogens (tertiary/aromatic N) is 3. The summed E-state index contributed by atoms with van der Waals surface area (Å²) in [6, 6.07) is 0. The van der Waals surface area contributed by atoms with Crippen LogP contribution >= 0.6 is 0 Å². The number of ether oxygens (including phenoxy) is 1. The van der Waals surface area contributed by atoms with Crippen LogP contribution in [-0.4, -0.2) is 59.7 Å². The van der Waals surface area contributed by atoms with E-state index >= 15 is 0 Å². The highest BCUT2D eigenvalue weighted by molar-refractivity contribution is 5.96. The van der Waals surface area contributed by atoms with Crippen LogP contribution in [0, 0.1) is 5.92 Å². The van der Waals surface area contributed by atoms with Crippen LogP contribution in [0.3, 0.4) is 0 Å². The number of carbonyl (C=O) groups excluding carboxylic acids is 1. The number of halogens is 2. The zero-order chi connectivity index (χ0) is 20.7. The third-order valence-corrected chi connectivity index (χ3v) is 5.36. The molecular formula is C21H31F2N3O2. The fourth-order valence-corrected chi connectivity index (χ4v) is 3.68. The molecule has 0 atom stereocenters. The molecule has 0 bridgehead atoms. The number of amidine groups is 1. The quantitative estimate of drug-likeness (QED) is 0.296. The van der Waals surface area contributed by atoms with E-state index in [9.17, 15) is 13.6 Å². The molecule has 0 aromatic rings. The predicted molar refractivity (Wildman–Crippen MR) is 107 cm³/mol. The van der Waals surface area contributed by atoms with E-state index in [1.54, 1.807) is 11.1 Å². The lowest BCUT2D eigenvalue weighted by molar-refractivity contribution is -0.127. The molecule has 2 aliphatic rings. The van der Waals surface area contributed by atoms with Crippen LogP contribution in [0.25, 0.3) is 0 Å². The second kappa shape index (κ2) is 9.85. The number of aliphatic imine (C=N–C) groups is 1. The normalized spacial score (nSPS) is 24.4. The second-order valence-corrected chi connectivity index (χ2v) is 7.42. The Morgan fingerprint density at radius 2 is 1.71 bits per heavy atom. The van der Waals surface area contributed by atoms with Gasteiger partial charge in [-0.05, 0) is 45.6 Å². The van der Waals surface area contributed by atoms with Crippen molar-refractivity contribution in [1.29, 1.82) is 0 Å². The van der Waals surface area contributed by atoms with Gasteiger partial charge in [0.2, 0.25) is 11.8 Å². The van der Waals surface area contributed by atoms with Gasteiger partial charge < -0.3 is 14.5 Å². The van der Waals surface area contributed by atoms with Gasteiger partial charge in [0.25, 0.3) is 0 Å². The van der Waals surface area contributed by atoms with E-state index in [1.807, 2.05) is 17.9 Å². The largest absolute Gasteiger partial charge is 0.487 e. The van der Waals surface area contributed by atoms with Crippen molar-refractivity contribution in [2.75, 3.05) is 26.2 Å². The van der Waals surface area contributed by atoms with E-state index in [0.717, 1.165) is 6.92 Å². The number of allylic oxidation sites excluding steroid dienone is 1. The summed E-state index contributed by atoms with van der Waals surface area (Å²) >= 11 is 0. The van der Waals surface area contributed by atoms with E-state index in [2.05, 4.69) is 18.2 Å². The molecule has 2 fully saturated rings. The van der Waals surface area contributed by atoms with E-state index in [0.29, 0.717) is 63.5 Å². The third kappa shape index (κ3) is 5.91. The molecule has 0 aromatic heterocycles. The van der Waals surface area contributed by atoms with Crippen LogP contribution in [0.4, 0.5) is 8.78 Å². The average Bonchev–Trinajstić information content (AvgIpc) is 2.68. The first kappa shape index (κ1) is 22.1. The first-order valence-corrected chi connectivity index (χ1v) is 9.85. The Labute approximate surface area is 166 Å². The molecule has 7 heteroatoms. The van der Waals surface area contributed by atoms with Crippen LogP contribution in [-0.2, 0) is 9.53 Å². The number of alkyl halides is 2. The molecular weight excluding hydrogens is 364 g/mol. The molecule has 1 heterocycles. The maximum absolute atomic E-state index is 13.5. The zero-order valence-corrected chi connectivity index (χ0v) is 16.9. The molecule has 0 unspecified atom stereocenters. The molecule has 1 aliphatic heterocycles. The molecule has 0 spiro atoms. The molecule has 1 saturated heterocycles. The van der Waals surface area contributed by atoms with Gasteiger partial charge in [0.15, 0.2) is 11.6 Å². The van der Waals surface area contributed by atoms with Gasteiger partial charge in [0, 0.05) is 38.3 Å². The van der Waals surface area contributed by atoms with E-state index in [1.165, 1.54) is 6.08 Å². The van der Waals surface area contributed by atoms with E-state index < -0.39 is 11.8 Å². The minimum absolute atomic E-state index is 0.0776. The zero-order valence-electron chi connectivity index (χ0n) is 16.9. The van der Waals surface area contributed by atoms with Crippen LogP contribution in [0.15, 0.2) is 42.3 Å². The van der Waals surface area contributed by atoms with Crippen molar-refractivity contribution in [3.05, 3.63) is 37.3 Å². The first-order chi connectivity index (χ1) is 13.3. The number of piperazine rings is 1. The summed E-state index contributed by atoms with van der Waals surface area (Å²) < 4.78 is 33.0. The van der Waals surface area contributed by atoms with Gasteiger partial charge in [-0.1, -0.05) is 19.2 Å². The van der Waals surface area contributed by atoms with Crippen molar-refractivity contribution >= 4 is 11.7 Å². The van der Waals surface area contributed by atoms with Crippen LogP contribution in [0.5, 0.6) is 0 Å². The highest BCUT2D eigenvalue weighted by Gasteiger charge is 2.37. The molecule has 0 radical (unpaired) electrons. The number of hydrogen-bond acceptors (Lipinski definition) is 3. The molecule has 0 N–H and O–H groups in total. The standard InChI is InChI=1S/C21H31F2N3O2/c1-5-11-24-20(26-14-12-25(13-15-26)19(27)6-2)16(3)28-18-9-7-17(8-10-18)21(4,22)23/h5-6,11,17-18H,2-3,7-10,12-15H2,1,4H3/b11-5-,24-20?. The lowest BCUT2D eigenvalue weighted by Gasteiger charge is -2.37. The van der Waals surface area contributed by atoms with Crippen LogP contribution < -0.4 is 0 Å². The SMILES string of the molecule is C=CC(=O)N1CCN(C(=N/C=C\C)C(=C)OC2CCC(C(C)(F)F)CC2)CC1. The second-order valence-electron chi connectivity index (χ2n) is 7.42. The van der Waals surface area contributed by atoms with Gasteiger partial charge in [-0.2, -0.15) is 0 Å². The summed E-state index contributed by atoms with van der Waals surface area (Å²) in [7, 11) is 0. The Kier molecular flexibility index (Phi) is 7.78. The summed E-state index contributed by atoms with van der Waals surface area (Å²) in [6.07, 6.45) is 6.78. The highest BCUT2D eigenvalue weighted by atomic mass is 19.3. The van der Waals surface area contributed by atoms with Crippen molar-refractivity contribution in [2.24, 2.45) is 10.9 Å². The van der Waals surface area contributed by atoms with E-state index in [-0.39, 0.29) is 12.0 Å². The third-order valence-electron chi connectivity index (χ3n) is 5.36. The number of rotatable bonds is 6. The molecule has 1 amide bonds. The monoisotopic (exact) mass is 395 g/mol. The minimum atomic E-state index is -2.64. The van der Waals surface area contributed by atoms with Gasteiger partial charge in [0.1, 0.15) is 0 Å². The maximum atomic E-state index is 13.5. The highest BCUT2D eigenvalue weighted by Crippen LogP contribution is 2.37. The van der Waals surface area contributed by atoms with Crippen molar-refractivity contribution in [1.82, 2.24) is 9.80 Å². The minimum Gasteiger partial charge on any atom is -0.487 e. The number of hydrogen-bond donors (Lipinski definition) is 0. The Hall–Kier alpha value is -2.18. The summed E-state index contributed by atoms with van der Waals surface area (Å²) in [6.45, 7) is 12.8. The molecule has 2 rings (SSSR count). The summed E-state index contributed by atoms with van der Waals surface area (Å²) in [4.78, 5) is 20.0. The molecule has 1 aliphatic carbocycles. The molecule has 0 aromatic carbocycles. The van der Waals surface area contributed by atoms with Gasteiger partial charge in [-0.3, -0.25) is 4.79 Å². The Balaban J connectivity index is 1.96. The maximum Gasteiger partial charge on any atom is 0.248 e. The smallest absolute Gasteiger partial charge is 0.248 e. The molecule has 5 nitrogen and oxygen atoms in total. The number of amides is 1. The molecule has 28 heavy (non-hydrogen) atoms. The van der Waals surface area contributed by atoms with Crippen LogP contribution in [0.2, 0.25) is 0 Å². The van der Waals surface area contributed by atoms with Crippen molar-refractivity contribution in [3.8, 4) is 0 Å². The predicted octanol–water partition coefficient (Wildman–Crippen LogP) is 3.99. The van der Waals surface area contributed by atoms with Gasteiger partial charge in [-0.15, -0.1) is 0 Å². The average molecular weight is 395 g/mol. The van der Waals surface area contributed by atoms with Crippen LogP contribution in [0.1, 0.15) is 39.5 Å². The van der Waals surface area contributed by atoms with Crippen molar-refractivity contribution < 1.29 is 18.3 Å². The van der Waals surface area contributed by atoms with E-state index in [4.69, 9.17) is 4.74 Å². The van der Waals surface area contributed by atoms with Crippen molar-refractivity contribution in [2.45, 2.75) is 51.6 Å². The number of carbonyl (C=O) groups is 1. The summed E-state index contributed by atoms with van der Waals surface area (Å²) in [5.74, 6) is -2.21. The van der Waals surface area contributed by atoms with Gasteiger partial charge in [-0.25, -0.2) is 13.8 Å².